The predicted molar refractivity (Wildman–Crippen MR) is 81.5 cm³/mol. The Bertz CT molecular complexity index is 345. The van der Waals surface area contributed by atoms with Crippen LogP contribution < -0.4 is 11.1 Å². The number of likely N-dealkylation sites (N-methyl/N-ethyl adjacent to an activating group) is 1. The maximum Gasteiger partial charge on any atom is 0.239 e. The number of hydrogen-bond acceptors (Lipinski definition) is 4. The van der Waals surface area contributed by atoms with Gasteiger partial charge in [-0.1, -0.05) is 6.92 Å². The van der Waals surface area contributed by atoms with Gasteiger partial charge in [-0.2, -0.15) is 0 Å². The van der Waals surface area contributed by atoms with Crippen molar-refractivity contribution in [3.8, 4) is 0 Å². The number of carbonyl (C=O) groups is 1. The Labute approximate surface area is 122 Å². The van der Waals surface area contributed by atoms with E-state index in [0.717, 1.165) is 52.0 Å². The van der Waals surface area contributed by atoms with Gasteiger partial charge >= 0.3 is 0 Å². The van der Waals surface area contributed by atoms with E-state index in [-0.39, 0.29) is 5.91 Å². The Balaban J connectivity index is 2.08. The van der Waals surface area contributed by atoms with Crippen LogP contribution in [0.1, 0.15) is 33.1 Å². The highest BCUT2D eigenvalue weighted by molar-refractivity contribution is 5.86. The van der Waals surface area contributed by atoms with Crippen LogP contribution in [-0.4, -0.2) is 67.1 Å². The lowest BCUT2D eigenvalue weighted by molar-refractivity contribution is -0.127. The third-order valence-electron chi connectivity index (χ3n) is 4.83. The smallest absolute Gasteiger partial charge is 0.239 e. The highest BCUT2D eigenvalue weighted by Gasteiger charge is 2.50. The van der Waals surface area contributed by atoms with Gasteiger partial charge in [0.25, 0.3) is 0 Å². The van der Waals surface area contributed by atoms with Crippen LogP contribution in [-0.2, 0) is 4.79 Å². The van der Waals surface area contributed by atoms with E-state index in [1.807, 2.05) is 0 Å². The van der Waals surface area contributed by atoms with Crippen LogP contribution >= 0.6 is 0 Å². The van der Waals surface area contributed by atoms with Gasteiger partial charge in [-0.25, -0.2) is 0 Å². The van der Waals surface area contributed by atoms with Crippen LogP contribution in [0.4, 0.5) is 0 Å². The zero-order valence-corrected chi connectivity index (χ0v) is 13.2. The van der Waals surface area contributed by atoms with Gasteiger partial charge in [0.15, 0.2) is 0 Å². The molecule has 1 saturated carbocycles. The summed E-state index contributed by atoms with van der Waals surface area (Å²) >= 11 is 0. The fourth-order valence-corrected chi connectivity index (χ4v) is 3.35. The number of piperazine rings is 1. The number of amides is 1. The normalized spacial score (nSPS) is 28.2. The van der Waals surface area contributed by atoms with E-state index in [4.69, 9.17) is 5.73 Å². The zero-order valence-electron chi connectivity index (χ0n) is 13.2. The lowest BCUT2D eigenvalue weighted by Gasteiger charge is -2.44. The molecule has 0 spiro atoms. The number of nitrogens with one attached hydrogen (secondary N) is 1. The Kier molecular flexibility index (Phi) is 5.04. The summed E-state index contributed by atoms with van der Waals surface area (Å²) in [7, 11) is 2.16. The van der Waals surface area contributed by atoms with Gasteiger partial charge < -0.3 is 16.0 Å². The molecule has 5 nitrogen and oxygen atoms in total. The van der Waals surface area contributed by atoms with Gasteiger partial charge in [0.05, 0.1) is 0 Å². The average molecular weight is 282 g/mol. The Hall–Kier alpha value is -0.650. The summed E-state index contributed by atoms with van der Waals surface area (Å²) in [6.45, 7) is 9.15. The van der Waals surface area contributed by atoms with Crippen LogP contribution in [0, 0.1) is 5.92 Å². The minimum Gasteiger partial charge on any atom is -0.368 e. The van der Waals surface area contributed by atoms with E-state index in [1.165, 1.54) is 0 Å². The number of nitrogens with two attached hydrogens (primary N) is 1. The standard InChI is InChI=1S/C15H30N4O/c1-4-7-17-15(14(16)20,13-5-6-13)11-19-9-8-18(3)10-12(19)2/h12-13,17H,4-11H2,1-3H3,(H2,16,20). The molecule has 1 aliphatic heterocycles. The molecule has 1 amide bonds. The second-order valence-electron chi connectivity index (χ2n) is 6.62. The first kappa shape index (κ1) is 15.7. The molecule has 1 heterocycles. The number of nitrogens with zero attached hydrogens (tertiary/aromatic N) is 2. The maximum atomic E-state index is 12.2. The van der Waals surface area contributed by atoms with Crippen LogP contribution in [0.3, 0.4) is 0 Å². The van der Waals surface area contributed by atoms with Gasteiger partial charge in [-0.15, -0.1) is 0 Å². The number of carbonyl (C=O) groups excluding carboxylic acids is 1. The minimum atomic E-state index is -0.514. The van der Waals surface area contributed by atoms with Crippen molar-refractivity contribution in [2.75, 3.05) is 39.8 Å². The van der Waals surface area contributed by atoms with Crippen molar-refractivity contribution in [2.45, 2.75) is 44.7 Å². The van der Waals surface area contributed by atoms with Gasteiger partial charge in [0.2, 0.25) is 5.91 Å². The minimum absolute atomic E-state index is 0.167. The monoisotopic (exact) mass is 282 g/mol. The van der Waals surface area contributed by atoms with Gasteiger partial charge in [-0.3, -0.25) is 9.69 Å². The fraction of sp³-hybridized carbons (Fsp3) is 0.933. The highest BCUT2D eigenvalue weighted by atomic mass is 16.1. The summed E-state index contributed by atoms with van der Waals surface area (Å²) in [5, 5.41) is 3.49. The molecule has 1 saturated heterocycles. The van der Waals surface area contributed by atoms with Crippen LogP contribution in [0.2, 0.25) is 0 Å². The van der Waals surface area contributed by atoms with Crippen molar-refractivity contribution in [2.24, 2.45) is 11.7 Å². The highest BCUT2D eigenvalue weighted by Crippen LogP contribution is 2.40. The summed E-state index contributed by atoms with van der Waals surface area (Å²) in [5.74, 6) is 0.262. The molecule has 1 aliphatic carbocycles. The van der Waals surface area contributed by atoms with Crippen molar-refractivity contribution in [3.63, 3.8) is 0 Å². The van der Waals surface area contributed by atoms with E-state index in [0.29, 0.717) is 12.0 Å². The van der Waals surface area contributed by atoms with E-state index in [1.54, 1.807) is 0 Å². The van der Waals surface area contributed by atoms with Crippen molar-refractivity contribution in [1.29, 1.82) is 0 Å². The number of hydrogen-bond donors (Lipinski definition) is 2. The summed E-state index contributed by atoms with van der Waals surface area (Å²) in [6.07, 6.45) is 3.28. The summed E-state index contributed by atoms with van der Waals surface area (Å²) < 4.78 is 0. The van der Waals surface area contributed by atoms with E-state index >= 15 is 0 Å². The third-order valence-corrected chi connectivity index (χ3v) is 4.83. The molecular formula is C15H30N4O. The molecule has 0 aromatic rings. The molecule has 20 heavy (non-hydrogen) atoms. The van der Waals surface area contributed by atoms with Crippen LogP contribution in [0.5, 0.6) is 0 Å². The molecule has 116 valence electrons. The summed E-state index contributed by atoms with van der Waals surface area (Å²) in [6, 6.07) is 0.481. The van der Waals surface area contributed by atoms with Crippen LogP contribution in [0.15, 0.2) is 0 Å². The number of primary amides is 1. The maximum absolute atomic E-state index is 12.2. The van der Waals surface area contributed by atoms with E-state index < -0.39 is 5.54 Å². The molecule has 2 atom stereocenters. The molecule has 5 heteroatoms. The van der Waals surface area contributed by atoms with Crippen molar-refractivity contribution >= 4 is 5.91 Å². The molecule has 2 unspecified atom stereocenters. The van der Waals surface area contributed by atoms with Crippen molar-refractivity contribution in [3.05, 3.63) is 0 Å². The first-order valence-corrected chi connectivity index (χ1v) is 7.97. The van der Waals surface area contributed by atoms with Crippen LogP contribution in [0.25, 0.3) is 0 Å². The van der Waals surface area contributed by atoms with E-state index in [2.05, 4.69) is 36.0 Å². The first-order valence-electron chi connectivity index (χ1n) is 7.97. The topological polar surface area (TPSA) is 61.6 Å². The SMILES string of the molecule is CCCNC(CN1CCN(C)CC1C)(C(N)=O)C1CC1. The van der Waals surface area contributed by atoms with E-state index in [9.17, 15) is 4.79 Å². The van der Waals surface area contributed by atoms with Gasteiger partial charge in [-0.05, 0) is 45.7 Å². The molecule has 0 aromatic heterocycles. The molecular weight excluding hydrogens is 252 g/mol. The van der Waals surface area contributed by atoms with Gasteiger partial charge in [0, 0.05) is 32.2 Å². The third kappa shape index (κ3) is 3.32. The second-order valence-corrected chi connectivity index (χ2v) is 6.62. The zero-order chi connectivity index (χ0) is 14.8. The molecule has 0 aromatic carbocycles. The molecule has 0 bridgehead atoms. The fourth-order valence-electron chi connectivity index (χ4n) is 3.35. The predicted octanol–water partition coefficient (Wildman–Crippen LogP) is 0.256. The molecule has 2 fully saturated rings. The number of rotatable bonds is 7. The molecule has 3 N–H and O–H groups in total. The molecule has 0 radical (unpaired) electrons. The Morgan fingerprint density at radius 1 is 1.40 bits per heavy atom. The first-order chi connectivity index (χ1) is 9.49. The lowest BCUT2D eigenvalue weighted by atomic mass is 9.90. The lowest BCUT2D eigenvalue weighted by Crippen LogP contribution is -2.66. The largest absolute Gasteiger partial charge is 0.368 e. The average Bonchev–Trinajstić information content (AvgIpc) is 3.21. The van der Waals surface area contributed by atoms with Crippen molar-refractivity contribution < 1.29 is 4.79 Å². The Morgan fingerprint density at radius 2 is 2.10 bits per heavy atom. The molecule has 2 rings (SSSR count). The second kappa shape index (κ2) is 6.41. The van der Waals surface area contributed by atoms with Gasteiger partial charge in [0.1, 0.15) is 5.54 Å². The molecule has 2 aliphatic rings. The summed E-state index contributed by atoms with van der Waals surface area (Å²) in [5.41, 5.74) is 5.29. The quantitative estimate of drug-likeness (QED) is 0.703. The Morgan fingerprint density at radius 3 is 2.60 bits per heavy atom. The van der Waals surface area contributed by atoms with Crippen molar-refractivity contribution in [1.82, 2.24) is 15.1 Å². The summed E-state index contributed by atoms with van der Waals surface area (Å²) in [4.78, 5) is 17.0.